The molecule has 0 spiro atoms. The van der Waals surface area contributed by atoms with E-state index in [0.29, 0.717) is 22.5 Å². The van der Waals surface area contributed by atoms with Crippen LogP contribution < -0.4 is 10.5 Å². The minimum absolute atomic E-state index is 0.208. The van der Waals surface area contributed by atoms with Crippen LogP contribution in [0.2, 0.25) is 0 Å². The molecule has 1 heterocycles. The summed E-state index contributed by atoms with van der Waals surface area (Å²) in [6.07, 6.45) is 0. The second-order valence-corrected chi connectivity index (χ2v) is 4.66. The van der Waals surface area contributed by atoms with E-state index in [1.54, 1.807) is 18.2 Å². The number of hydrogen-bond donors (Lipinski definition) is 1. The van der Waals surface area contributed by atoms with E-state index in [2.05, 4.69) is 0 Å². The molecule has 0 saturated carbocycles. The average Bonchev–Trinajstić information content (AvgIpc) is 2.89. The lowest BCUT2D eigenvalue weighted by atomic mass is 10.0. The second kappa shape index (κ2) is 5.18. The Morgan fingerprint density at radius 2 is 1.95 bits per heavy atom. The molecule has 108 valence electrons. The fourth-order valence-electron chi connectivity index (χ4n) is 2.33. The van der Waals surface area contributed by atoms with Crippen LogP contribution in [-0.2, 0) is 0 Å². The molecule has 0 fully saturated rings. The minimum atomic E-state index is -0.836. The summed E-state index contributed by atoms with van der Waals surface area (Å²) in [7, 11) is 1.44. The predicted octanol–water partition coefficient (Wildman–Crippen LogP) is 3.77. The van der Waals surface area contributed by atoms with Gasteiger partial charge in [-0.3, -0.25) is 0 Å². The Bertz CT molecular complexity index is 798. The van der Waals surface area contributed by atoms with Crippen molar-refractivity contribution in [2.24, 2.45) is 5.73 Å². The summed E-state index contributed by atoms with van der Waals surface area (Å²) in [4.78, 5) is 0. The molecule has 2 aromatic carbocycles. The van der Waals surface area contributed by atoms with Crippen molar-refractivity contribution in [2.75, 3.05) is 7.11 Å². The van der Waals surface area contributed by atoms with Crippen LogP contribution in [0, 0.1) is 11.6 Å². The number of benzene rings is 2. The van der Waals surface area contributed by atoms with Gasteiger partial charge in [0.1, 0.15) is 28.7 Å². The zero-order valence-electron chi connectivity index (χ0n) is 11.3. The molecule has 0 bridgehead atoms. The van der Waals surface area contributed by atoms with E-state index in [1.807, 2.05) is 0 Å². The summed E-state index contributed by atoms with van der Waals surface area (Å²) < 4.78 is 38.0. The molecule has 1 atom stereocenters. The van der Waals surface area contributed by atoms with Gasteiger partial charge < -0.3 is 14.9 Å². The maximum absolute atomic E-state index is 14.0. The smallest absolute Gasteiger partial charge is 0.134 e. The van der Waals surface area contributed by atoms with E-state index in [1.165, 1.54) is 31.4 Å². The summed E-state index contributed by atoms with van der Waals surface area (Å²) in [6.45, 7) is 0. The summed E-state index contributed by atoms with van der Waals surface area (Å²) in [5.74, 6) is -0.159. The number of rotatable bonds is 3. The van der Waals surface area contributed by atoms with Crippen LogP contribution >= 0.6 is 0 Å². The van der Waals surface area contributed by atoms with Crippen LogP contribution in [-0.4, -0.2) is 7.11 Å². The highest BCUT2D eigenvalue weighted by Crippen LogP contribution is 2.33. The molecule has 0 aliphatic heterocycles. The minimum Gasteiger partial charge on any atom is -0.496 e. The van der Waals surface area contributed by atoms with E-state index in [0.717, 1.165) is 0 Å². The van der Waals surface area contributed by atoms with E-state index in [9.17, 15) is 8.78 Å². The Kier molecular flexibility index (Phi) is 3.35. The normalized spacial score (nSPS) is 12.6. The first-order valence-corrected chi connectivity index (χ1v) is 6.37. The molecule has 2 N–H and O–H groups in total. The first kappa shape index (κ1) is 13.6. The molecule has 3 nitrogen and oxygen atoms in total. The Morgan fingerprint density at radius 1 is 1.14 bits per heavy atom. The van der Waals surface area contributed by atoms with Crippen LogP contribution in [0.3, 0.4) is 0 Å². The lowest BCUT2D eigenvalue weighted by molar-refractivity contribution is 0.397. The molecule has 21 heavy (non-hydrogen) atoms. The number of furan rings is 1. The number of halogens is 2. The third-order valence-electron chi connectivity index (χ3n) is 3.35. The maximum Gasteiger partial charge on any atom is 0.134 e. The zero-order valence-corrected chi connectivity index (χ0v) is 11.3. The third kappa shape index (κ3) is 2.36. The number of nitrogens with two attached hydrogens (primary N) is 1. The molecule has 0 radical (unpaired) electrons. The van der Waals surface area contributed by atoms with E-state index >= 15 is 0 Å². The molecule has 1 unspecified atom stereocenters. The van der Waals surface area contributed by atoms with Crippen molar-refractivity contribution < 1.29 is 17.9 Å². The topological polar surface area (TPSA) is 48.4 Å². The molecular formula is C16H13F2NO2. The lowest BCUT2D eigenvalue weighted by Crippen LogP contribution is -2.14. The van der Waals surface area contributed by atoms with Crippen molar-refractivity contribution >= 4 is 11.0 Å². The van der Waals surface area contributed by atoms with E-state index in [-0.39, 0.29) is 11.4 Å². The highest BCUT2D eigenvalue weighted by molar-refractivity contribution is 5.78. The summed E-state index contributed by atoms with van der Waals surface area (Å²) in [6, 6.07) is 9.39. The number of fused-ring (bicyclic) bond motifs is 1. The Labute approximate surface area is 119 Å². The molecule has 0 aliphatic rings. The van der Waals surface area contributed by atoms with Crippen LogP contribution in [0.5, 0.6) is 5.75 Å². The second-order valence-electron chi connectivity index (χ2n) is 4.66. The van der Waals surface area contributed by atoms with Gasteiger partial charge in [0, 0.05) is 5.39 Å². The van der Waals surface area contributed by atoms with Gasteiger partial charge in [0.2, 0.25) is 0 Å². The Hall–Kier alpha value is -2.40. The highest BCUT2D eigenvalue weighted by atomic mass is 19.1. The summed E-state index contributed by atoms with van der Waals surface area (Å²) >= 11 is 0. The van der Waals surface area contributed by atoms with Gasteiger partial charge in [-0.05, 0) is 36.4 Å². The van der Waals surface area contributed by atoms with Gasteiger partial charge in [-0.2, -0.15) is 0 Å². The van der Waals surface area contributed by atoms with Gasteiger partial charge in [0.05, 0.1) is 18.7 Å². The largest absolute Gasteiger partial charge is 0.496 e. The van der Waals surface area contributed by atoms with Gasteiger partial charge in [-0.25, -0.2) is 8.78 Å². The molecule has 0 saturated heterocycles. The van der Waals surface area contributed by atoms with Crippen molar-refractivity contribution in [3.05, 3.63) is 65.4 Å². The SMILES string of the molecule is COc1cccc(F)c1C(N)c1cc2cc(F)ccc2o1. The van der Waals surface area contributed by atoms with Crippen molar-refractivity contribution in [2.45, 2.75) is 6.04 Å². The van der Waals surface area contributed by atoms with Crippen LogP contribution in [0.4, 0.5) is 8.78 Å². The predicted molar refractivity (Wildman–Crippen MR) is 75.2 cm³/mol. The molecule has 0 amide bonds. The van der Waals surface area contributed by atoms with Crippen LogP contribution in [0.25, 0.3) is 11.0 Å². The van der Waals surface area contributed by atoms with E-state index < -0.39 is 11.9 Å². The molecule has 5 heteroatoms. The zero-order chi connectivity index (χ0) is 15.0. The Balaban J connectivity index is 2.10. The molecular weight excluding hydrogens is 276 g/mol. The van der Waals surface area contributed by atoms with Gasteiger partial charge in [-0.1, -0.05) is 6.07 Å². The summed E-state index contributed by atoms with van der Waals surface area (Å²) in [5.41, 5.74) is 6.79. The number of hydrogen-bond acceptors (Lipinski definition) is 3. The molecule has 3 rings (SSSR count). The number of ether oxygens (including phenoxy) is 1. The monoisotopic (exact) mass is 289 g/mol. The Morgan fingerprint density at radius 3 is 2.71 bits per heavy atom. The van der Waals surface area contributed by atoms with Crippen molar-refractivity contribution in [3.8, 4) is 5.75 Å². The molecule has 1 aromatic heterocycles. The van der Waals surface area contributed by atoms with Crippen LogP contribution in [0.15, 0.2) is 46.9 Å². The molecule has 3 aromatic rings. The van der Waals surface area contributed by atoms with Crippen molar-refractivity contribution in [1.29, 1.82) is 0 Å². The van der Waals surface area contributed by atoms with Gasteiger partial charge >= 0.3 is 0 Å². The molecule has 0 aliphatic carbocycles. The van der Waals surface area contributed by atoms with Crippen LogP contribution in [0.1, 0.15) is 17.4 Å². The van der Waals surface area contributed by atoms with Gasteiger partial charge in [0.25, 0.3) is 0 Å². The summed E-state index contributed by atoms with van der Waals surface area (Å²) in [5, 5.41) is 0.579. The average molecular weight is 289 g/mol. The fraction of sp³-hybridized carbons (Fsp3) is 0.125. The van der Waals surface area contributed by atoms with E-state index in [4.69, 9.17) is 14.9 Å². The standard InChI is InChI=1S/C16H13F2NO2/c1-20-13-4-2-3-11(18)15(13)16(19)14-8-9-7-10(17)5-6-12(9)21-14/h2-8,16H,19H2,1H3. The first-order chi connectivity index (χ1) is 10.1. The quantitative estimate of drug-likeness (QED) is 0.798. The third-order valence-corrected chi connectivity index (χ3v) is 3.35. The van der Waals surface area contributed by atoms with Gasteiger partial charge in [-0.15, -0.1) is 0 Å². The van der Waals surface area contributed by atoms with Gasteiger partial charge in [0.15, 0.2) is 0 Å². The van der Waals surface area contributed by atoms with Crippen molar-refractivity contribution in [3.63, 3.8) is 0 Å². The maximum atomic E-state index is 14.0. The lowest BCUT2D eigenvalue weighted by Gasteiger charge is -2.14. The first-order valence-electron chi connectivity index (χ1n) is 6.37. The fourth-order valence-corrected chi connectivity index (χ4v) is 2.33. The van der Waals surface area contributed by atoms with Crippen molar-refractivity contribution in [1.82, 2.24) is 0 Å². The highest BCUT2D eigenvalue weighted by Gasteiger charge is 2.22. The number of methoxy groups -OCH3 is 1.